The second-order valence-electron chi connectivity index (χ2n) is 5.78. The summed E-state index contributed by atoms with van der Waals surface area (Å²) >= 11 is 0. The number of ketones is 1. The fraction of sp³-hybridized carbons (Fsp3) is 0.400. The Labute approximate surface area is 106 Å². The van der Waals surface area contributed by atoms with Gasteiger partial charge in [-0.05, 0) is 13.0 Å². The van der Waals surface area contributed by atoms with Crippen LogP contribution in [0.1, 0.15) is 23.7 Å². The van der Waals surface area contributed by atoms with Crippen molar-refractivity contribution in [1.82, 2.24) is 0 Å². The molecule has 0 aliphatic carbocycles. The Kier molecular flexibility index (Phi) is 4.88. The quantitative estimate of drug-likeness (QED) is 0.423. The molecule has 92 valence electrons. The highest BCUT2D eigenvalue weighted by Crippen LogP contribution is 2.14. The minimum atomic E-state index is -1.04. The maximum Gasteiger partial charge on any atom is 0.166 e. The smallest absolute Gasteiger partial charge is 0.166 e. The first-order valence-electron chi connectivity index (χ1n) is 6.12. The van der Waals surface area contributed by atoms with Crippen molar-refractivity contribution in [2.45, 2.75) is 39.0 Å². The molecular weight excluding hydrogens is 224 g/mol. The van der Waals surface area contributed by atoms with Crippen molar-refractivity contribution in [3.63, 3.8) is 0 Å². The lowest BCUT2D eigenvalue weighted by Gasteiger charge is -2.13. The summed E-state index contributed by atoms with van der Waals surface area (Å²) < 4.78 is 0. The number of carbonyl (C=O) groups is 1. The zero-order chi connectivity index (χ0) is 12.9. The summed E-state index contributed by atoms with van der Waals surface area (Å²) in [6, 6.07) is 10.7. The molecule has 0 aromatic heterocycles. The molecule has 0 bridgehead atoms. The normalized spacial score (nSPS) is 12.6. The maximum absolute atomic E-state index is 12.0. The van der Waals surface area contributed by atoms with E-state index in [1.54, 1.807) is 0 Å². The van der Waals surface area contributed by atoms with Gasteiger partial charge in [0.25, 0.3) is 0 Å². The van der Waals surface area contributed by atoms with Gasteiger partial charge >= 0.3 is 0 Å². The Bertz CT molecular complexity index is 399. The number of carbonyl (C=O) groups excluding carboxylic acids is 1. The first kappa shape index (κ1) is 13.9. The molecular formula is C15H22OSi. The van der Waals surface area contributed by atoms with Crippen LogP contribution in [-0.4, -0.2) is 13.9 Å². The molecule has 17 heavy (non-hydrogen) atoms. The predicted octanol–water partition coefficient (Wildman–Crippen LogP) is 4.54. The molecule has 0 saturated heterocycles. The molecule has 0 aliphatic rings. The number of benzene rings is 1. The van der Waals surface area contributed by atoms with Crippen LogP contribution in [0.2, 0.25) is 25.7 Å². The zero-order valence-electron chi connectivity index (χ0n) is 11.3. The van der Waals surface area contributed by atoms with Crippen LogP contribution in [0.3, 0.4) is 0 Å². The molecule has 0 fully saturated rings. The van der Waals surface area contributed by atoms with Crippen LogP contribution in [0.4, 0.5) is 0 Å². The molecule has 0 spiro atoms. The van der Waals surface area contributed by atoms with Crippen LogP contribution in [-0.2, 0) is 0 Å². The van der Waals surface area contributed by atoms with Gasteiger partial charge in [-0.2, -0.15) is 0 Å². The van der Waals surface area contributed by atoms with Crippen molar-refractivity contribution in [3.8, 4) is 0 Å². The third-order valence-corrected chi connectivity index (χ3v) is 4.03. The fourth-order valence-corrected chi connectivity index (χ4v) is 2.49. The third-order valence-electron chi connectivity index (χ3n) is 2.60. The lowest BCUT2D eigenvalue weighted by atomic mass is 10.0. The standard InChI is InChI=1S/C15H22OSi/c1-13(10-11-17(2,3)4)12-15(16)14-8-6-5-7-9-14/h5-10H,11-12H2,1-4H3/b13-10-. The van der Waals surface area contributed by atoms with Crippen molar-refractivity contribution in [2.75, 3.05) is 0 Å². The monoisotopic (exact) mass is 246 g/mol. The molecule has 1 aromatic rings. The molecule has 0 amide bonds. The van der Waals surface area contributed by atoms with Gasteiger partial charge in [-0.25, -0.2) is 0 Å². The summed E-state index contributed by atoms with van der Waals surface area (Å²) in [6.45, 7) is 9.09. The fourth-order valence-electron chi connectivity index (χ4n) is 1.53. The van der Waals surface area contributed by atoms with Crippen LogP contribution in [0.15, 0.2) is 42.0 Å². The van der Waals surface area contributed by atoms with E-state index in [2.05, 4.69) is 32.6 Å². The maximum atomic E-state index is 12.0. The average Bonchev–Trinajstić information content (AvgIpc) is 2.27. The van der Waals surface area contributed by atoms with Crippen LogP contribution >= 0.6 is 0 Å². The van der Waals surface area contributed by atoms with Gasteiger partial charge in [0.2, 0.25) is 0 Å². The Morgan fingerprint density at radius 3 is 2.29 bits per heavy atom. The molecule has 2 heteroatoms. The molecule has 0 saturated carbocycles. The molecule has 0 atom stereocenters. The number of hydrogen-bond acceptors (Lipinski definition) is 1. The number of hydrogen-bond donors (Lipinski definition) is 0. The van der Waals surface area contributed by atoms with Crippen molar-refractivity contribution in [1.29, 1.82) is 0 Å². The third kappa shape index (κ3) is 5.64. The molecule has 0 radical (unpaired) electrons. The summed E-state index contributed by atoms with van der Waals surface area (Å²) in [7, 11) is -1.04. The zero-order valence-corrected chi connectivity index (χ0v) is 12.3. The van der Waals surface area contributed by atoms with Gasteiger partial charge in [-0.15, -0.1) is 0 Å². The van der Waals surface area contributed by atoms with Crippen molar-refractivity contribution < 1.29 is 4.79 Å². The highest BCUT2D eigenvalue weighted by atomic mass is 28.3. The van der Waals surface area contributed by atoms with E-state index in [4.69, 9.17) is 0 Å². The highest BCUT2D eigenvalue weighted by molar-refractivity contribution is 6.76. The van der Waals surface area contributed by atoms with Gasteiger partial charge < -0.3 is 0 Å². The van der Waals surface area contributed by atoms with Gasteiger partial charge in [-0.1, -0.05) is 61.6 Å². The van der Waals surface area contributed by atoms with Gasteiger partial charge in [0.15, 0.2) is 5.78 Å². The van der Waals surface area contributed by atoms with Gasteiger partial charge in [-0.3, -0.25) is 4.79 Å². The Morgan fingerprint density at radius 2 is 1.76 bits per heavy atom. The van der Waals surface area contributed by atoms with Crippen LogP contribution < -0.4 is 0 Å². The number of rotatable bonds is 5. The first-order valence-corrected chi connectivity index (χ1v) is 9.83. The summed E-state index contributed by atoms with van der Waals surface area (Å²) in [5, 5.41) is 0. The first-order chi connectivity index (χ1) is 7.88. The molecule has 1 rings (SSSR count). The van der Waals surface area contributed by atoms with E-state index in [1.807, 2.05) is 30.3 Å². The summed E-state index contributed by atoms with van der Waals surface area (Å²) in [6.07, 6.45) is 2.79. The molecule has 1 nitrogen and oxygen atoms in total. The minimum Gasteiger partial charge on any atom is -0.294 e. The van der Waals surface area contributed by atoms with Crippen LogP contribution in [0.5, 0.6) is 0 Å². The lowest BCUT2D eigenvalue weighted by Crippen LogP contribution is -2.17. The topological polar surface area (TPSA) is 17.1 Å². The van der Waals surface area contributed by atoms with Crippen molar-refractivity contribution >= 4 is 13.9 Å². The summed E-state index contributed by atoms with van der Waals surface area (Å²) in [5.41, 5.74) is 2.01. The van der Waals surface area contributed by atoms with Crippen molar-refractivity contribution in [3.05, 3.63) is 47.5 Å². The highest BCUT2D eigenvalue weighted by Gasteiger charge is 2.11. The SMILES string of the molecule is C/C(=C/C[Si](C)(C)C)CC(=O)c1ccccc1. The Hall–Kier alpha value is -1.15. The summed E-state index contributed by atoms with van der Waals surface area (Å²) in [4.78, 5) is 12.0. The van der Waals surface area contributed by atoms with Gasteiger partial charge in [0.05, 0.1) is 0 Å². The Morgan fingerprint density at radius 1 is 1.18 bits per heavy atom. The molecule has 0 N–H and O–H groups in total. The number of Topliss-reactive ketones (excluding diaryl/α,β-unsaturated/α-hetero) is 1. The molecule has 1 aromatic carbocycles. The van der Waals surface area contributed by atoms with E-state index in [0.29, 0.717) is 6.42 Å². The van der Waals surface area contributed by atoms with E-state index in [9.17, 15) is 4.79 Å². The van der Waals surface area contributed by atoms with E-state index < -0.39 is 8.07 Å². The minimum absolute atomic E-state index is 0.218. The molecule has 0 aliphatic heterocycles. The molecule has 0 unspecified atom stereocenters. The van der Waals surface area contributed by atoms with E-state index in [-0.39, 0.29) is 5.78 Å². The van der Waals surface area contributed by atoms with E-state index in [0.717, 1.165) is 11.6 Å². The second-order valence-corrected chi connectivity index (χ2v) is 11.3. The Balaban J connectivity index is 2.58. The van der Waals surface area contributed by atoms with E-state index >= 15 is 0 Å². The predicted molar refractivity (Wildman–Crippen MR) is 77.3 cm³/mol. The van der Waals surface area contributed by atoms with E-state index in [1.165, 1.54) is 5.57 Å². The van der Waals surface area contributed by atoms with Gasteiger partial charge in [0.1, 0.15) is 0 Å². The average molecular weight is 246 g/mol. The van der Waals surface area contributed by atoms with Crippen molar-refractivity contribution in [2.24, 2.45) is 0 Å². The largest absolute Gasteiger partial charge is 0.294 e. The summed E-state index contributed by atoms with van der Waals surface area (Å²) in [5.74, 6) is 0.218. The van der Waals surface area contributed by atoms with Crippen LogP contribution in [0.25, 0.3) is 0 Å². The second kappa shape index (κ2) is 5.96. The number of allylic oxidation sites excluding steroid dienone is 2. The van der Waals surface area contributed by atoms with Gasteiger partial charge in [0, 0.05) is 20.1 Å². The van der Waals surface area contributed by atoms with Crippen LogP contribution in [0, 0.1) is 0 Å². The lowest BCUT2D eigenvalue weighted by molar-refractivity contribution is 0.0993. The molecule has 0 heterocycles.